The average molecular weight is 476 g/mol. The predicted octanol–water partition coefficient (Wildman–Crippen LogP) is 3.11. The van der Waals surface area contributed by atoms with Crippen molar-refractivity contribution in [2.75, 3.05) is 23.4 Å². The number of imide groups is 1. The zero-order chi connectivity index (χ0) is 24.9. The molecule has 0 saturated carbocycles. The van der Waals surface area contributed by atoms with E-state index in [0.717, 1.165) is 0 Å². The van der Waals surface area contributed by atoms with Crippen LogP contribution >= 0.6 is 0 Å². The summed E-state index contributed by atoms with van der Waals surface area (Å²) in [5.41, 5.74) is 1.36. The summed E-state index contributed by atoms with van der Waals surface area (Å²) in [6.45, 7) is 1.46. The topological polar surface area (TPSA) is 119 Å². The summed E-state index contributed by atoms with van der Waals surface area (Å²) in [5.74, 6) is -2.86. The molecule has 35 heavy (non-hydrogen) atoms. The molecule has 0 radical (unpaired) electrons. The summed E-state index contributed by atoms with van der Waals surface area (Å²) in [5, 5.41) is 2.57. The lowest BCUT2D eigenvalue weighted by atomic mass is 9.85. The van der Waals surface area contributed by atoms with Gasteiger partial charge in [-0.2, -0.15) is 0 Å². The van der Waals surface area contributed by atoms with Gasteiger partial charge >= 0.3 is 11.9 Å². The van der Waals surface area contributed by atoms with Crippen molar-refractivity contribution in [3.63, 3.8) is 0 Å². The number of amides is 3. The van der Waals surface area contributed by atoms with Crippen LogP contribution in [0.1, 0.15) is 40.5 Å². The molecule has 1 N–H and O–H groups in total. The number of carbonyl (C=O) groups excluding carboxylic acids is 5. The Morgan fingerprint density at radius 2 is 1.34 bits per heavy atom. The second-order valence-electron chi connectivity index (χ2n) is 8.14. The Balaban J connectivity index is 1.30. The molecular weight excluding hydrogens is 452 g/mol. The van der Waals surface area contributed by atoms with Gasteiger partial charge in [-0.1, -0.05) is 12.2 Å². The lowest BCUT2D eigenvalue weighted by Gasteiger charge is -2.15. The van der Waals surface area contributed by atoms with Crippen LogP contribution in [-0.4, -0.2) is 42.9 Å². The molecule has 1 fully saturated rings. The predicted molar refractivity (Wildman–Crippen MR) is 126 cm³/mol. The molecule has 0 bridgehead atoms. The van der Waals surface area contributed by atoms with E-state index < -0.39 is 24.5 Å². The summed E-state index contributed by atoms with van der Waals surface area (Å²) in [6, 6.07) is 12.0. The van der Waals surface area contributed by atoms with Crippen LogP contribution in [0.2, 0.25) is 0 Å². The number of anilines is 2. The minimum atomic E-state index is -0.721. The molecule has 3 amide bonds. The Morgan fingerprint density at radius 1 is 0.829 bits per heavy atom. The van der Waals surface area contributed by atoms with Gasteiger partial charge < -0.3 is 14.8 Å². The van der Waals surface area contributed by atoms with Gasteiger partial charge in [0.25, 0.3) is 5.91 Å². The van der Waals surface area contributed by atoms with Crippen LogP contribution in [0, 0.1) is 11.8 Å². The molecule has 2 aliphatic rings. The Kier molecular flexibility index (Phi) is 7.05. The Morgan fingerprint density at radius 3 is 1.89 bits per heavy atom. The first-order chi connectivity index (χ1) is 16.9. The van der Waals surface area contributed by atoms with E-state index >= 15 is 0 Å². The molecule has 1 heterocycles. The zero-order valence-electron chi connectivity index (χ0n) is 19.1. The highest BCUT2D eigenvalue weighted by atomic mass is 16.5. The van der Waals surface area contributed by atoms with Crippen LogP contribution < -0.4 is 10.2 Å². The molecular formula is C26H24N2O7. The third kappa shape index (κ3) is 5.13. The molecule has 2 aromatic carbocycles. The lowest BCUT2D eigenvalue weighted by Crippen LogP contribution is -2.30. The van der Waals surface area contributed by atoms with Crippen LogP contribution in [0.5, 0.6) is 0 Å². The van der Waals surface area contributed by atoms with Crippen LogP contribution in [0.25, 0.3) is 0 Å². The van der Waals surface area contributed by atoms with E-state index in [1.807, 2.05) is 12.2 Å². The van der Waals surface area contributed by atoms with Gasteiger partial charge in [0.2, 0.25) is 11.8 Å². The molecule has 4 rings (SSSR count). The van der Waals surface area contributed by atoms with E-state index in [9.17, 15) is 24.0 Å². The molecule has 0 unspecified atom stereocenters. The maximum Gasteiger partial charge on any atom is 0.338 e. The highest BCUT2D eigenvalue weighted by molar-refractivity contribution is 6.22. The molecule has 1 saturated heterocycles. The van der Waals surface area contributed by atoms with Gasteiger partial charge in [-0.25, -0.2) is 9.59 Å². The standard InChI is InChI=1S/C26H24N2O7/c1-2-34-25(32)16-7-11-18(12-8-16)27-22(29)15-35-26(33)17-9-13-19(14-10-17)28-23(30)20-5-3-4-6-21(20)24(28)31/h3-4,7-14,20-21H,2,5-6,15H2,1H3,(H,27,29)/t20-,21-/m1/s1. The molecule has 9 heteroatoms. The molecule has 0 spiro atoms. The second-order valence-corrected chi connectivity index (χ2v) is 8.14. The van der Waals surface area contributed by atoms with Gasteiger partial charge in [-0.05, 0) is 68.3 Å². The average Bonchev–Trinajstić information content (AvgIpc) is 3.13. The minimum Gasteiger partial charge on any atom is -0.462 e. The first-order valence-electron chi connectivity index (χ1n) is 11.3. The molecule has 1 aliphatic carbocycles. The Labute approximate surface area is 201 Å². The van der Waals surface area contributed by atoms with Crippen LogP contribution in [-0.2, 0) is 23.9 Å². The SMILES string of the molecule is CCOC(=O)c1ccc(NC(=O)COC(=O)c2ccc(N3C(=O)[C@@H]4CC=CC[C@H]4C3=O)cc2)cc1. The van der Waals surface area contributed by atoms with Gasteiger partial charge in [0.15, 0.2) is 6.61 Å². The number of rotatable bonds is 7. The fraction of sp³-hybridized carbons (Fsp3) is 0.269. The fourth-order valence-electron chi connectivity index (χ4n) is 4.12. The Bertz CT molecular complexity index is 1160. The van der Waals surface area contributed by atoms with Gasteiger partial charge in [0.1, 0.15) is 0 Å². The lowest BCUT2D eigenvalue weighted by molar-refractivity contribution is -0.122. The van der Waals surface area contributed by atoms with Crippen molar-refractivity contribution < 1.29 is 33.4 Å². The van der Waals surface area contributed by atoms with E-state index in [1.54, 1.807) is 6.92 Å². The van der Waals surface area contributed by atoms with E-state index in [1.165, 1.54) is 53.4 Å². The van der Waals surface area contributed by atoms with Crippen LogP contribution in [0.15, 0.2) is 60.7 Å². The summed E-state index contributed by atoms with van der Waals surface area (Å²) in [7, 11) is 0. The van der Waals surface area contributed by atoms with Crippen molar-refractivity contribution in [2.24, 2.45) is 11.8 Å². The second kappa shape index (κ2) is 10.3. The number of hydrogen-bond acceptors (Lipinski definition) is 7. The summed E-state index contributed by atoms with van der Waals surface area (Å²) in [4.78, 5) is 62.7. The number of hydrogen-bond donors (Lipinski definition) is 1. The van der Waals surface area contributed by atoms with Gasteiger partial charge in [0.05, 0.1) is 35.3 Å². The van der Waals surface area contributed by atoms with Gasteiger partial charge in [-0.3, -0.25) is 19.3 Å². The van der Waals surface area contributed by atoms with E-state index in [-0.39, 0.29) is 35.8 Å². The highest BCUT2D eigenvalue weighted by Crippen LogP contribution is 2.37. The van der Waals surface area contributed by atoms with Crippen molar-refractivity contribution in [2.45, 2.75) is 19.8 Å². The maximum absolute atomic E-state index is 12.7. The molecule has 1 aliphatic heterocycles. The van der Waals surface area contributed by atoms with Crippen molar-refractivity contribution in [1.82, 2.24) is 0 Å². The van der Waals surface area contributed by atoms with Crippen molar-refractivity contribution in [3.8, 4) is 0 Å². The summed E-state index contributed by atoms with van der Waals surface area (Å²) in [6.07, 6.45) is 4.94. The number of nitrogens with zero attached hydrogens (tertiary/aromatic N) is 1. The number of benzene rings is 2. The van der Waals surface area contributed by atoms with E-state index in [2.05, 4.69) is 5.32 Å². The number of ether oxygens (including phenoxy) is 2. The first-order valence-corrected chi connectivity index (χ1v) is 11.3. The largest absolute Gasteiger partial charge is 0.462 e. The summed E-state index contributed by atoms with van der Waals surface area (Å²) < 4.78 is 9.96. The maximum atomic E-state index is 12.7. The number of esters is 2. The number of fused-ring (bicyclic) bond motifs is 1. The van der Waals surface area contributed by atoms with E-state index in [4.69, 9.17) is 9.47 Å². The third-order valence-electron chi connectivity index (χ3n) is 5.88. The van der Waals surface area contributed by atoms with Crippen LogP contribution in [0.3, 0.4) is 0 Å². The van der Waals surface area contributed by atoms with Crippen LogP contribution in [0.4, 0.5) is 11.4 Å². The smallest absolute Gasteiger partial charge is 0.338 e. The van der Waals surface area contributed by atoms with Gasteiger partial charge in [-0.15, -0.1) is 0 Å². The van der Waals surface area contributed by atoms with Crippen molar-refractivity contribution >= 4 is 41.0 Å². The molecule has 0 aromatic heterocycles. The fourth-order valence-corrected chi connectivity index (χ4v) is 4.12. The van der Waals surface area contributed by atoms with Crippen molar-refractivity contribution in [1.29, 1.82) is 0 Å². The minimum absolute atomic E-state index is 0.179. The third-order valence-corrected chi connectivity index (χ3v) is 5.88. The molecule has 2 atom stereocenters. The van der Waals surface area contributed by atoms with Gasteiger partial charge in [0, 0.05) is 5.69 Å². The monoisotopic (exact) mass is 476 g/mol. The highest BCUT2D eigenvalue weighted by Gasteiger charge is 2.47. The number of allylic oxidation sites excluding steroid dienone is 2. The van der Waals surface area contributed by atoms with Crippen molar-refractivity contribution in [3.05, 3.63) is 71.8 Å². The molecule has 2 aromatic rings. The Hall–Kier alpha value is -4.27. The molecule has 9 nitrogen and oxygen atoms in total. The molecule has 180 valence electrons. The van der Waals surface area contributed by atoms with E-state index in [0.29, 0.717) is 29.8 Å². The quantitative estimate of drug-likeness (QED) is 0.370. The first kappa shape index (κ1) is 23.9. The number of nitrogens with one attached hydrogen (secondary N) is 1. The normalized spacial score (nSPS) is 18.7. The number of carbonyl (C=O) groups is 5. The summed E-state index contributed by atoms with van der Waals surface area (Å²) >= 11 is 0. The zero-order valence-corrected chi connectivity index (χ0v) is 19.1.